The Morgan fingerprint density at radius 1 is 1.59 bits per heavy atom. The molecule has 0 aliphatic carbocycles. The lowest BCUT2D eigenvalue weighted by Crippen LogP contribution is -2.51. The molecule has 0 saturated carbocycles. The topological polar surface area (TPSA) is 29.3 Å². The van der Waals surface area contributed by atoms with Crippen molar-refractivity contribution in [2.24, 2.45) is 5.73 Å². The van der Waals surface area contributed by atoms with Gasteiger partial charge in [-0.25, -0.2) is 4.39 Å². The molecule has 0 aromatic heterocycles. The van der Waals surface area contributed by atoms with Crippen LogP contribution in [-0.2, 0) is 6.42 Å². The summed E-state index contributed by atoms with van der Waals surface area (Å²) in [5.74, 6) is 2.08. The van der Waals surface area contributed by atoms with Gasteiger partial charge in [-0.3, -0.25) is 0 Å². The van der Waals surface area contributed by atoms with Crippen LogP contribution in [0.3, 0.4) is 0 Å². The maximum Gasteiger partial charge on any atom is 0.123 e. The van der Waals surface area contributed by atoms with Crippen molar-refractivity contribution in [2.75, 3.05) is 25.1 Å². The molecular weight excluding hydrogens is 235 g/mol. The van der Waals surface area contributed by atoms with Gasteiger partial charge in [0.2, 0.25) is 0 Å². The average Bonchev–Trinajstić information content (AvgIpc) is 2.29. The predicted octanol–water partition coefficient (Wildman–Crippen LogP) is 1.74. The number of thioether (sulfide) groups is 1. The summed E-state index contributed by atoms with van der Waals surface area (Å²) >= 11 is 1.95. The van der Waals surface area contributed by atoms with Crippen molar-refractivity contribution in [3.05, 3.63) is 35.6 Å². The first-order valence-corrected chi connectivity index (χ1v) is 7.10. The van der Waals surface area contributed by atoms with Gasteiger partial charge in [0, 0.05) is 30.1 Å². The molecule has 2 nitrogen and oxygen atoms in total. The zero-order valence-electron chi connectivity index (χ0n) is 10.1. The molecule has 1 aliphatic heterocycles. The van der Waals surface area contributed by atoms with Crippen molar-refractivity contribution in [1.29, 1.82) is 0 Å². The van der Waals surface area contributed by atoms with E-state index in [0.717, 1.165) is 24.3 Å². The third kappa shape index (κ3) is 3.44. The van der Waals surface area contributed by atoms with Gasteiger partial charge in [-0.1, -0.05) is 12.1 Å². The Kier molecular flexibility index (Phi) is 4.42. The van der Waals surface area contributed by atoms with E-state index in [1.165, 1.54) is 11.8 Å². The molecule has 17 heavy (non-hydrogen) atoms. The Morgan fingerprint density at radius 2 is 2.41 bits per heavy atom. The molecular formula is C13H19FN2S. The standard InChI is InChI=1S/C13H19FN2S/c1-16-5-6-17-9-13(16)12(15)8-10-3-2-4-11(14)7-10/h2-4,7,12-13H,5-6,8-9,15H2,1H3. The van der Waals surface area contributed by atoms with E-state index < -0.39 is 0 Å². The second kappa shape index (κ2) is 5.85. The SMILES string of the molecule is CN1CCSCC1C(N)Cc1cccc(F)c1. The fraction of sp³-hybridized carbons (Fsp3) is 0.538. The number of hydrogen-bond donors (Lipinski definition) is 1. The average molecular weight is 254 g/mol. The normalized spacial score (nSPS) is 23.6. The maximum absolute atomic E-state index is 13.1. The van der Waals surface area contributed by atoms with Gasteiger partial charge < -0.3 is 10.6 Å². The van der Waals surface area contributed by atoms with Crippen LogP contribution in [0.4, 0.5) is 4.39 Å². The quantitative estimate of drug-likeness (QED) is 0.891. The summed E-state index contributed by atoms with van der Waals surface area (Å²) in [4.78, 5) is 2.32. The molecule has 94 valence electrons. The zero-order valence-corrected chi connectivity index (χ0v) is 10.9. The minimum Gasteiger partial charge on any atom is -0.326 e. The largest absolute Gasteiger partial charge is 0.326 e. The molecule has 0 bridgehead atoms. The minimum atomic E-state index is -0.180. The number of nitrogens with zero attached hydrogens (tertiary/aromatic N) is 1. The van der Waals surface area contributed by atoms with E-state index >= 15 is 0 Å². The Morgan fingerprint density at radius 3 is 3.12 bits per heavy atom. The summed E-state index contributed by atoms with van der Waals surface area (Å²) in [5, 5.41) is 0. The number of halogens is 1. The molecule has 1 fully saturated rings. The van der Waals surface area contributed by atoms with Crippen molar-refractivity contribution in [1.82, 2.24) is 4.90 Å². The van der Waals surface area contributed by atoms with Gasteiger partial charge in [0.25, 0.3) is 0 Å². The number of likely N-dealkylation sites (N-methyl/N-ethyl adjacent to an activating group) is 1. The molecule has 1 heterocycles. The molecule has 0 amide bonds. The predicted molar refractivity (Wildman–Crippen MR) is 71.8 cm³/mol. The van der Waals surface area contributed by atoms with Crippen molar-refractivity contribution in [2.45, 2.75) is 18.5 Å². The summed E-state index contributed by atoms with van der Waals surface area (Å²) in [7, 11) is 2.12. The van der Waals surface area contributed by atoms with Gasteiger partial charge in [0.1, 0.15) is 5.82 Å². The summed E-state index contributed by atoms with van der Waals surface area (Å²) in [6, 6.07) is 7.22. The van der Waals surface area contributed by atoms with Gasteiger partial charge in [0.15, 0.2) is 0 Å². The lowest BCUT2D eigenvalue weighted by atomic mass is 10.00. The van der Waals surface area contributed by atoms with Gasteiger partial charge in [0.05, 0.1) is 0 Å². The zero-order chi connectivity index (χ0) is 12.3. The monoisotopic (exact) mass is 254 g/mol. The lowest BCUT2D eigenvalue weighted by molar-refractivity contribution is 0.235. The molecule has 2 N–H and O–H groups in total. The molecule has 2 unspecified atom stereocenters. The van der Waals surface area contributed by atoms with Crippen molar-refractivity contribution in [3.63, 3.8) is 0 Å². The Hall–Kier alpha value is -0.580. The Balaban J connectivity index is 1.98. The van der Waals surface area contributed by atoms with E-state index in [-0.39, 0.29) is 11.9 Å². The van der Waals surface area contributed by atoms with Gasteiger partial charge in [-0.2, -0.15) is 11.8 Å². The summed E-state index contributed by atoms with van der Waals surface area (Å²) in [6.45, 7) is 1.09. The van der Waals surface area contributed by atoms with E-state index in [9.17, 15) is 4.39 Å². The number of benzene rings is 1. The number of nitrogens with two attached hydrogens (primary N) is 1. The van der Waals surface area contributed by atoms with Crippen LogP contribution in [0.1, 0.15) is 5.56 Å². The summed E-state index contributed by atoms with van der Waals surface area (Å²) in [6.07, 6.45) is 0.743. The van der Waals surface area contributed by atoms with Gasteiger partial charge >= 0.3 is 0 Å². The van der Waals surface area contributed by atoms with Crippen LogP contribution in [0, 0.1) is 5.82 Å². The van der Waals surface area contributed by atoms with Crippen molar-refractivity contribution >= 4 is 11.8 Å². The summed E-state index contributed by atoms with van der Waals surface area (Å²) < 4.78 is 13.1. The highest BCUT2D eigenvalue weighted by molar-refractivity contribution is 7.99. The van der Waals surface area contributed by atoms with Crippen molar-refractivity contribution < 1.29 is 4.39 Å². The lowest BCUT2D eigenvalue weighted by Gasteiger charge is -2.36. The van der Waals surface area contributed by atoms with Crippen LogP contribution in [0.25, 0.3) is 0 Å². The molecule has 0 spiro atoms. The number of hydrogen-bond acceptors (Lipinski definition) is 3. The highest BCUT2D eigenvalue weighted by atomic mass is 32.2. The molecule has 1 aromatic rings. The van der Waals surface area contributed by atoms with Crippen molar-refractivity contribution in [3.8, 4) is 0 Å². The fourth-order valence-electron chi connectivity index (χ4n) is 2.23. The molecule has 1 aromatic carbocycles. The molecule has 1 aliphatic rings. The van der Waals surface area contributed by atoms with Crippen LogP contribution in [0.15, 0.2) is 24.3 Å². The second-order valence-corrected chi connectivity index (χ2v) is 5.77. The first kappa shape index (κ1) is 12.9. The number of rotatable bonds is 3. The maximum atomic E-state index is 13.1. The molecule has 0 radical (unpaired) electrons. The highest BCUT2D eigenvalue weighted by Gasteiger charge is 2.25. The highest BCUT2D eigenvalue weighted by Crippen LogP contribution is 2.18. The third-order valence-electron chi connectivity index (χ3n) is 3.30. The fourth-order valence-corrected chi connectivity index (χ4v) is 3.56. The second-order valence-electron chi connectivity index (χ2n) is 4.62. The van der Waals surface area contributed by atoms with E-state index in [0.29, 0.717) is 6.04 Å². The van der Waals surface area contributed by atoms with Gasteiger partial charge in [-0.15, -0.1) is 0 Å². The minimum absolute atomic E-state index is 0.0783. The van der Waals surface area contributed by atoms with Crippen LogP contribution >= 0.6 is 11.8 Å². The third-order valence-corrected chi connectivity index (χ3v) is 4.35. The van der Waals surface area contributed by atoms with E-state index in [1.807, 2.05) is 17.8 Å². The van der Waals surface area contributed by atoms with Crippen LogP contribution in [0.2, 0.25) is 0 Å². The van der Waals surface area contributed by atoms with Crippen LogP contribution in [-0.4, -0.2) is 42.1 Å². The van der Waals surface area contributed by atoms with E-state index in [2.05, 4.69) is 11.9 Å². The summed E-state index contributed by atoms with van der Waals surface area (Å²) in [5.41, 5.74) is 7.23. The molecule has 2 atom stereocenters. The van der Waals surface area contributed by atoms with Gasteiger partial charge in [-0.05, 0) is 31.2 Å². The molecule has 1 saturated heterocycles. The van der Waals surface area contributed by atoms with Crippen LogP contribution in [0.5, 0.6) is 0 Å². The smallest absolute Gasteiger partial charge is 0.123 e. The van der Waals surface area contributed by atoms with E-state index in [1.54, 1.807) is 12.1 Å². The van der Waals surface area contributed by atoms with E-state index in [4.69, 9.17) is 5.73 Å². The molecule has 2 rings (SSSR count). The molecule has 4 heteroatoms. The van der Waals surface area contributed by atoms with Crippen LogP contribution < -0.4 is 5.73 Å². The Bertz CT molecular complexity index is 372. The Labute approximate surface area is 106 Å². The first-order valence-electron chi connectivity index (χ1n) is 5.95. The first-order chi connectivity index (χ1) is 8.16.